The topological polar surface area (TPSA) is 41.6 Å². The summed E-state index contributed by atoms with van der Waals surface area (Å²) in [6.07, 6.45) is 2.21. The van der Waals surface area contributed by atoms with E-state index in [9.17, 15) is 4.79 Å². The molecule has 92 valence electrons. The van der Waals surface area contributed by atoms with Crippen LogP contribution >= 0.6 is 0 Å². The molecule has 16 heavy (non-hydrogen) atoms. The Morgan fingerprint density at radius 2 is 2.06 bits per heavy atom. The molecule has 0 radical (unpaired) electrons. The van der Waals surface area contributed by atoms with Crippen LogP contribution in [0.15, 0.2) is 0 Å². The molecule has 2 aliphatic heterocycles. The second-order valence-corrected chi connectivity index (χ2v) is 5.82. The Bertz CT molecular complexity index is 269. The Morgan fingerprint density at radius 1 is 1.38 bits per heavy atom. The van der Waals surface area contributed by atoms with E-state index >= 15 is 0 Å². The standard InChI is InChI=1S/C12H22N2O2/c1-12(2,3)16-11(15)14-7-5-9(8-14)10-4-6-13-10/h9-10,13H,4-8H2,1-3H3. The summed E-state index contributed by atoms with van der Waals surface area (Å²) in [5.74, 6) is 0.626. The maximum Gasteiger partial charge on any atom is 0.410 e. The van der Waals surface area contributed by atoms with Crippen LogP contribution < -0.4 is 5.32 Å². The second kappa shape index (κ2) is 4.24. The molecule has 0 aromatic carbocycles. The number of carbonyl (C=O) groups excluding carboxylic acids is 1. The zero-order chi connectivity index (χ0) is 11.8. The van der Waals surface area contributed by atoms with Crippen LogP contribution in [0.4, 0.5) is 4.79 Å². The molecule has 0 aromatic rings. The number of carbonyl (C=O) groups is 1. The summed E-state index contributed by atoms with van der Waals surface area (Å²) in [4.78, 5) is 13.7. The molecule has 4 heteroatoms. The number of amides is 1. The van der Waals surface area contributed by atoms with Crippen molar-refractivity contribution in [1.29, 1.82) is 0 Å². The molecule has 4 nitrogen and oxygen atoms in total. The molecule has 2 saturated heterocycles. The molecule has 1 N–H and O–H groups in total. The van der Waals surface area contributed by atoms with Gasteiger partial charge in [-0.05, 0) is 46.1 Å². The van der Waals surface area contributed by atoms with Crippen molar-refractivity contribution in [3.8, 4) is 0 Å². The van der Waals surface area contributed by atoms with E-state index in [0.29, 0.717) is 12.0 Å². The Labute approximate surface area is 97.3 Å². The number of hydrogen-bond acceptors (Lipinski definition) is 3. The van der Waals surface area contributed by atoms with Gasteiger partial charge in [-0.3, -0.25) is 0 Å². The summed E-state index contributed by atoms with van der Waals surface area (Å²) in [5.41, 5.74) is -0.385. The first kappa shape index (κ1) is 11.7. The third-order valence-corrected chi connectivity index (χ3v) is 3.31. The van der Waals surface area contributed by atoms with E-state index in [1.165, 1.54) is 6.42 Å². The first-order chi connectivity index (χ1) is 7.46. The molecule has 2 fully saturated rings. The number of rotatable bonds is 1. The van der Waals surface area contributed by atoms with Gasteiger partial charge < -0.3 is 15.0 Å². The van der Waals surface area contributed by atoms with Crippen molar-refractivity contribution in [2.45, 2.75) is 45.3 Å². The minimum absolute atomic E-state index is 0.158. The van der Waals surface area contributed by atoms with Crippen molar-refractivity contribution >= 4 is 6.09 Å². The molecule has 1 amide bonds. The van der Waals surface area contributed by atoms with Gasteiger partial charge in [0.15, 0.2) is 0 Å². The largest absolute Gasteiger partial charge is 0.444 e. The maximum absolute atomic E-state index is 11.8. The number of nitrogens with zero attached hydrogens (tertiary/aromatic N) is 1. The predicted octanol–water partition coefficient (Wildman–Crippen LogP) is 1.61. The fourth-order valence-corrected chi connectivity index (χ4v) is 2.32. The third kappa shape index (κ3) is 2.67. The van der Waals surface area contributed by atoms with Crippen LogP contribution in [-0.2, 0) is 4.74 Å². The van der Waals surface area contributed by atoms with Crippen molar-refractivity contribution < 1.29 is 9.53 Å². The summed E-state index contributed by atoms with van der Waals surface area (Å²) >= 11 is 0. The van der Waals surface area contributed by atoms with Crippen LogP contribution in [0.2, 0.25) is 0 Å². The van der Waals surface area contributed by atoms with Gasteiger partial charge >= 0.3 is 6.09 Å². The minimum Gasteiger partial charge on any atom is -0.444 e. The molecule has 2 rings (SSSR count). The Kier molecular flexibility index (Phi) is 3.10. The zero-order valence-corrected chi connectivity index (χ0v) is 10.5. The third-order valence-electron chi connectivity index (χ3n) is 3.31. The number of ether oxygens (including phenoxy) is 1. The lowest BCUT2D eigenvalue weighted by molar-refractivity contribution is 0.0283. The average Bonchev–Trinajstić information content (AvgIpc) is 2.46. The normalized spacial score (nSPS) is 30.1. The molecule has 0 bridgehead atoms. The van der Waals surface area contributed by atoms with Crippen LogP contribution in [-0.4, -0.2) is 42.3 Å². The van der Waals surface area contributed by atoms with Gasteiger partial charge in [-0.1, -0.05) is 0 Å². The molecule has 2 unspecified atom stereocenters. The fraction of sp³-hybridized carbons (Fsp3) is 0.917. The highest BCUT2D eigenvalue weighted by Crippen LogP contribution is 2.25. The number of likely N-dealkylation sites (tertiary alicyclic amines) is 1. The highest BCUT2D eigenvalue weighted by atomic mass is 16.6. The van der Waals surface area contributed by atoms with E-state index in [0.717, 1.165) is 26.1 Å². The molecule has 0 spiro atoms. The Balaban J connectivity index is 1.81. The minimum atomic E-state index is -0.385. The van der Waals surface area contributed by atoms with Crippen molar-refractivity contribution in [1.82, 2.24) is 10.2 Å². The summed E-state index contributed by atoms with van der Waals surface area (Å²) in [6.45, 7) is 8.56. The predicted molar refractivity (Wildman–Crippen MR) is 62.3 cm³/mol. The van der Waals surface area contributed by atoms with Gasteiger partial charge in [-0.2, -0.15) is 0 Å². The first-order valence-corrected chi connectivity index (χ1v) is 6.17. The van der Waals surface area contributed by atoms with Crippen molar-refractivity contribution in [3.05, 3.63) is 0 Å². The summed E-state index contributed by atoms with van der Waals surface area (Å²) < 4.78 is 5.37. The molecule has 0 aromatic heterocycles. The lowest BCUT2D eigenvalue weighted by Gasteiger charge is -2.33. The van der Waals surface area contributed by atoms with E-state index in [4.69, 9.17) is 4.74 Å². The lowest BCUT2D eigenvalue weighted by Crippen LogP contribution is -2.49. The molecular weight excluding hydrogens is 204 g/mol. The summed E-state index contributed by atoms with van der Waals surface area (Å²) in [5, 5.41) is 3.42. The van der Waals surface area contributed by atoms with Gasteiger partial charge in [0.2, 0.25) is 0 Å². The van der Waals surface area contributed by atoms with Crippen molar-refractivity contribution in [3.63, 3.8) is 0 Å². The molecule has 2 aliphatic rings. The smallest absolute Gasteiger partial charge is 0.410 e. The average molecular weight is 226 g/mol. The van der Waals surface area contributed by atoms with Gasteiger partial charge in [0.25, 0.3) is 0 Å². The van der Waals surface area contributed by atoms with E-state index in [1.54, 1.807) is 0 Å². The summed E-state index contributed by atoms with van der Waals surface area (Å²) in [6, 6.07) is 0.632. The monoisotopic (exact) mass is 226 g/mol. The maximum atomic E-state index is 11.8. The highest BCUT2D eigenvalue weighted by Gasteiger charge is 2.35. The van der Waals surface area contributed by atoms with Crippen LogP contribution in [0.25, 0.3) is 0 Å². The van der Waals surface area contributed by atoms with Gasteiger partial charge in [0.1, 0.15) is 5.60 Å². The number of hydrogen-bond donors (Lipinski definition) is 1. The van der Waals surface area contributed by atoms with Crippen molar-refractivity contribution in [2.75, 3.05) is 19.6 Å². The molecule has 2 heterocycles. The zero-order valence-electron chi connectivity index (χ0n) is 10.5. The first-order valence-electron chi connectivity index (χ1n) is 6.17. The van der Waals surface area contributed by atoms with Gasteiger partial charge in [-0.25, -0.2) is 4.79 Å². The van der Waals surface area contributed by atoms with Crippen LogP contribution in [0.5, 0.6) is 0 Å². The van der Waals surface area contributed by atoms with E-state index in [-0.39, 0.29) is 11.7 Å². The van der Waals surface area contributed by atoms with E-state index in [2.05, 4.69) is 5.32 Å². The highest BCUT2D eigenvalue weighted by molar-refractivity contribution is 5.68. The second-order valence-electron chi connectivity index (χ2n) is 5.82. The SMILES string of the molecule is CC(C)(C)OC(=O)N1CCC(C2CCN2)C1. The molecule has 2 atom stereocenters. The Hall–Kier alpha value is -0.770. The van der Waals surface area contributed by atoms with E-state index < -0.39 is 0 Å². The van der Waals surface area contributed by atoms with Crippen LogP contribution in [0.1, 0.15) is 33.6 Å². The van der Waals surface area contributed by atoms with Crippen LogP contribution in [0, 0.1) is 5.92 Å². The molecule has 0 saturated carbocycles. The fourth-order valence-electron chi connectivity index (χ4n) is 2.32. The Morgan fingerprint density at radius 3 is 2.56 bits per heavy atom. The van der Waals surface area contributed by atoms with E-state index in [1.807, 2.05) is 25.7 Å². The number of nitrogens with one attached hydrogen (secondary N) is 1. The quantitative estimate of drug-likeness (QED) is 0.738. The van der Waals surface area contributed by atoms with Crippen molar-refractivity contribution in [2.24, 2.45) is 5.92 Å². The van der Waals surface area contributed by atoms with Gasteiger partial charge in [-0.15, -0.1) is 0 Å². The van der Waals surface area contributed by atoms with Gasteiger partial charge in [0.05, 0.1) is 0 Å². The summed E-state index contributed by atoms with van der Waals surface area (Å²) in [7, 11) is 0. The van der Waals surface area contributed by atoms with Gasteiger partial charge in [0, 0.05) is 19.1 Å². The van der Waals surface area contributed by atoms with Crippen LogP contribution in [0.3, 0.4) is 0 Å². The molecule has 0 aliphatic carbocycles. The molecular formula is C12H22N2O2. The lowest BCUT2D eigenvalue weighted by atomic mass is 9.91.